The molecular formula is C13H21N3O2S. The molecule has 0 bridgehead atoms. The first-order valence-corrected chi connectivity index (χ1v) is 6.52. The number of methoxy groups -OCH3 is 2. The van der Waals surface area contributed by atoms with Gasteiger partial charge in [0.05, 0.1) is 24.9 Å². The maximum Gasteiger partial charge on any atom is 0.129 e. The number of hydrogen-bond donors (Lipinski definition) is 1. The highest BCUT2D eigenvalue weighted by Gasteiger charge is 2.16. The monoisotopic (exact) mass is 283 g/mol. The van der Waals surface area contributed by atoms with Gasteiger partial charge in [-0.25, -0.2) is 4.98 Å². The largest absolute Gasteiger partial charge is 0.388 e. The van der Waals surface area contributed by atoms with E-state index in [-0.39, 0.29) is 6.04 Å². The highest BCUT2D eigenvalue weighted by Crippen LogP contribution is 2.15. The number of anilines is 1. The smallest absolute Gasteiger partial charge is 0.129 e. The van der Waals surface area contributed by atoms with Crippen LogP contribution in [-0.4, -0.2) is 50.0 Å². The van der Waals surface area contributed by atoms with Crippen molar-refractivity contribution in [2.45, 2.75) is 13.0 Å². The molecule has 6 heteroatoms. The minimum Gasteiger partial charge on any atom is -0.388 e. The molecule has 2 N–H and O–H groups in total. The lowest BCUT2D eigenvalue weighted by molar-refractivity contribution is 0.170. The van der Waals surface area contributed by atoms with Crippen molar-refractivity contribution in [2.75, 3.05) is 38.9 Å². The van der Waals surface area contributed by atoms with Gasteiger partial charge in [-0.2, -0.15) is 0 Å². The van der Waals surface area contributed by atoms with Crippen LogP contribution >= 0.6 is 12.2 Å². The van der Waals surface area contributed by atoms with Crippen LogP contribution in [0.2, 0.25) is 0 Å². The number of ether oxygens (including phenoxy) is 2. The van der Waals surface area contributed by atoms with Crippen LogP contribution in [0.15, 0.2) is 18.2 Å². The third kappa shape index (κ3) is 4.74. The van der Waals surface area contributed by atoms with Crippen LogP contribution in [0.5, 0.6) is 0 Å². The Bertz CT molecular complexity index is 415. The van der Waals surface area contributed by atoms with Gasteiger partial charge in [-0.15, -0.1) is 0 Å². The third-order valence-corrected chi connectivity index (χ3v) is 2.97. The normalized spacial score (nSPS) is 12.2. The number of pyridine rings is 1. The van der Waals surface area contributed by atoms with Crippen molar-refractivity contribution in [2.24, 2.45) is 5.73 Å². The van der Waals surface area contributed by atoms with Crippen LogP contribution in [0, 0.1) is 0 Å². The van der Waals surface area contributed by atoms with E-state index in [2.05, 4.69) is 16.8 Å². The molecule has 0 aromatic carbocycles. The molecule has 1 aromatic heterocycles. The molecule has 1 aromatic rings. The molecule has 0 saturated heterocycles. The molecule has 0 amide bonds. The zero-order valence-corrected chi connectivity index (χ0v) is 12.4. The number of aromatic nitrogens is 1. The molecule has 1 rings (SSSR count). The van der Waals surface area contributed by atoms with E-state index in [0.29, 0.717) is 23.9 Å². The summed E-state index contributed by atoms with van der Waals surface area (Å²) in [6.07, 6.45) is 0. The second-order valence-corrected chi connectivity index (χ2v) is 4.68. The molecule has 19 heavy (non-hydrogen) atoms. The van der Waals surface area contributed by atoms with E-state index in [0.717, 1.165) is 12.4 Å². The topological polar surface area (TPSA) is 60.6 Å². The standard InChI is InChI=1S/C13H21N3O2S/c1-10(9-18-3)16(7-8-17-2)12-6-4-5-11(15-12)13(14)19/h4-6,10H,7-9H2,1-3H3,(H2,14,19). The average molecular weight is 283 g/mol. The minimum atomic E-state index is 0.189. The Morgan fingerprint density at radius 2 is 2.16 bits per heavy atom. The first kappa shape index (κ1) is 15.8. The molecule has 106 valence electrons. The summed E-state index contributed by atoms with van der Waals surface area (Å²) < 4.78 is 10.3. The van der Waals surface area contributed by atoms with E-state index in [9.17, 15) is 0 Å². The van der Waals surface area contributed by atoms with Gasteiger partial charge in [0.25, 0.3) is 0 Å². The molecule has 0 aliphatic carbocycles. The van der Waals surface area contributed by atoms with Gasteiger partial charge in [0, 0.05) is 20.8 Å². The van der Waals surface area contributed by atoms with Gasteiger partial charge in [0.1, 0.15) is 10.8 Å². The summed E-state index contributed by atoms with van der Waals surface area (Å²) in [4.78, 5) is 6.90. The first-order valence-electron chi connectivity index (χ1n) is 6.11. The number of nitrogens with two attached hydrogens (primary N) is 1. The van der Waals surface area contributed by atoms with E-state index in [1.54, 1.807) is 20.3 Å². The van der Waals surface area contributed by atoms with Gasteiger partial charge >= 0.3 is 0 Å². The Morgan fingerprint density at radius 1 is 1.42 bits per heavy atom. The second kappa shape index (κ2) is 8.04. The zero-order valence-electron chi connectivity index (χ0n) is 11.6. The maximum atomic E-state index is 5.62. The maximum absolute atomic E-state index is 5.62. The second-order valence-electron chi connectivity index (χ2n) is 4.24. The molecule has 0 aliphatic heterocycles. The summed E-state index contributed by atoms with van der Waals surface area (Å²) in [5.41, 5.74) is 6.24. The summed E-state index contributed by atoms with van der Waals surface area (Å²) in [7, 11) is 3.36. The van der Waals surface area contributed by atoms with Crippen LogP contribution in [0.3, 0.4) is 0 Å². The fourth-order valence-electron chi connectivity index (χ4n) is 1.80. The molecule has 1 unspecified atom stereocenters. The highest BCUT2D eigenvalue weighted by atomic mass is 32.1. The highest BCUT2D eigenvalue weighted by molar-refractivity contribution is 7.80. The zero-order chi connectivity index (χ0) is 14.3. The summed E-state index contributed by atoms with van der Waals surface area (Å²) in [5.74, 6) is 0.826. The molecule has 1 heterocycles. The Balaban J connectivity index is 2.95. The lowest BCUT2D eigenvalue weighted by atomic mass is 10.2. The van der Waals surface area contributed by atoms with Crippen LogP contribution in [0.25, 0.3) is 0 Å². The molecule has 0 radical (unpaired) electrons. The fraction of sp³-hybridized carbons (Fsp3) is 0.538. The van der Waals surface area contributed by atoms with Gasteiger partial charge in [-0.1, -0.05) is 18.3 Å². The molecule has 5 nitrogen and oxygen atoms in total. The Hall–Kier alpha value is -1.24. The van der Waals surface area contributed by atoms with Crippen molar-refractivity contribution < 1.29 is 9.47 Å². The fourth-order valence-corrected chi connectivity index (χ4v) is 1.92. The molecule has 0 saturated carbocycles. The molecule has 1 atom stereocenters. The van der Waals surface area contributed by atoms with Gasteiger partial charge < -0.3 is 20.1 Å². The van der Waals surface area contributed by atoms with Crippen molar-refractivity contribution in [3.8, 4) is 0 Å². The van der Waals surface area contributed by atoms with Gasteiger partial charge in [-0.3, -0.25) is 0 Å². The molecular weight excluding hydrogens is 262 g/mol. The predicted octanol–water partition coefficient (Wildman–Crippen LogP) is 1.20. The quantitative estimate of drug-likeness (QED) is 0.724. The van der Waals surface area contributed by atoms with Crippen LogP contribution in [0.4, 0.5) is 5.82 Å². The number of thiocarbonyl (C=S) groups is 1. The van der Waals surface area contributed by atoms with E-state index >= 15 is 0 Å². The molecule has 0 aliphatic rings. The SMILES string of the molecule is COCCN(c1cccc(C(N)=S)n1)C(C)COC. The molecule has 0 spiro atoms. The van der Waals surface area contributed by atoms with Crippen molar-refractivity contribution in [1.82, 2.24) is 4.98 Å². The van der Waals surface area contributed by atoms with Crippen molar-refractivity contribution in [3.05, 3.63) is 23.9 Å². The first-order chi connectivity index (χ1) is 9.10. The summed E-state index contributed by atoms with van der Waals surface area (Å²) in [5, 5.41) is 0. The number of hydrogen-bond acceptors (Lipinski definition) is 5. The van der Waals surface area contributed by atoms with Crippen LogP contribution in [-0.2, 0) is 9.47 Å². The Morgan fingerprint density at radius 3 is 2.74 bits per heavy atom. The average Bonchev–Trinajstić information content (AvgIpc) is 2.40. The lowest BCUT2D eigenvalue weighted by Gasteiger charge is -2.29. The Labute approximate surface area is 119 Å². The van der Waals surface area contributed by atoms with E-state index in [1.807, 2.05) is 12.1 Å². The van der Waals surface area contributed by atoms with Gasteiger partial charge in [0.15, 0.2) is 0 Å². The predicted molar refractivity (Wildman–Crippen MR) is 80.7 cm³/mol. The minimum absolute atomic E-state index is 0.189. The Kier molecular flexibility index (Phi) is 6.69. The summed E-state index contributed by atoms with van der Waals surface area (Å²) >= 11 is 4.96. The van der Waals surface area contributed by atoms with E-state index < -0.39 is 0 Å². The van der Waals surface area contributed by atoms with Crippen molar-refractivity contribution in [3.63, 3.8) is 0 Å². The number of rotatable bonds is 8. The van der Waals surface area contributed by atoms with Crippen LogP contribution in [0.1, 0.15) is 12.6 Å². The summed E-state index contributed by atoms with van der Waals surface area (Å²) in [6.45, 7) is 4.04. The van der Waals surface area contributed by atoms with Crippen molar-refractivity contribution >= 4 is 23.0 Å². The van der Waals surface area contributed by atoms with Crippen molar-refractivity contribution in [1.29, 1.82) is 0 Å². The van der Waals surface area contributed by atoms with Gasteiger partial charge in [-0.05, 0) is 19.1 Å². The van der Waals surface area contributed by atoms with Crippen LogP contribution < -0.4 is 10.6 Å². The third-order valence-electron chi connectivity index (χ3n) is 2.76. The van der Waals surface area contributed by atoms with E-state index in [4.69, 9.17) is 27.4 Å². The summed E-state index contributed by atoms with van der Waals surface area (Å²) in [6, 6.07) is 5.83. The van der Waals surface area contributed by atoms with Gasteiger partial charge in [0.2, 0.25) is 0 Å². The van der Waals surface area contributed by atoms with E-state index in [1.165, 1.54) is 0 Å². The molecule has 0 fully saturated rings. The number of nitrogens with zero attached hydrogens (tertiary/aromatic N) is 2. The lowest BCUT2D eigenvalue weighted by Crippen LogP contribution is -2.39.